The first kappa shape index (κ1) is 20.6. The molecule has 0 aromatic carbocycles. The van der Waals surface area contributed by atoms with E-state index in [9.17, 15) is 5.11 Å². The molecule has 0 unspecified atom stereocenters. The molecule has 0 aromatic rings. The molecule has 3 atom stereocenters. The van der Waals surface area contributed by atoms with Crippen molar-refractivity contribution in [1.29, 1.82) is 0 Å². The fourth-order valence-electron chi connectivity index (χ4n) is 4.76. The van der Waals surface area contributed by atoms with E-state index in [2.05, 4.69) is 27.7 Å². The lowest BCUT2D eigenvalue weighted by atomic mass is 9.86. The van der Waals surface area contributed by atoms with E-state index in [0.717, 1.165) is 0 Å². The minimum absolute atomic E-state index is 0.00235. The Hall–Kier alpha value is -1.63. The monoisotopic (exact) mass is 405 g/mol. The zero-order valence-corrected chi connectivity index (χ0v) is 18.9. The SMILES string of the molecule is CC(C)[C@H](O)C1(C2=NC(C)(C)CO2)[C@@H](C2=NC(C)(C)CO2)[C@@H]1C1=NC(C)(C)CO1. The third kappa shape index (κ3) is 3.25. The number of hydrogen-bond donors (Lipinski definition) is 1. The maximum absolute atomic E-state index is 11.5. The van der Waals surface area contributed by atoms with Crippen LogP contribution in [0.4, 0.5) is 0 Å². The minimum Gasteiger partial charge on any atom is -0.478 e. The van der Waals surface area contributed by atoms with Crippen LogP contribution in [0.1, 0.15) is 55.4 Å². The van der Waals surface area contributed by atoms with Crippen LogP contribution in [-0.4, -0.2) is 65.3 Å². The molecular weight excluding hydrogens is 370 g/mol. The van der Waals surface area contributed by atoms with E-state index in [1.807, 2.05) is 27.7 Å². The van der Waals surface area contributed by atoms with Crippen LogP contribution >= 0.6 is 0 Å². The number of aliphatic hydroxyl groups is 1. The molecule has 29 heavy (non-hydrogen) atoms. The number of nitrogens with zero attached hydrogens (tertiary/aromatic N) is 3. The lowest BCUT2D eigenvalue weighted by Gasteiger charge is -2.27. The van der Waals surface area contributed by atoms with Crippen molar-refractivity contribution in [3.63, 3.8) is 0 Å². The van der Waals surface area contributed by atoms with Crippen LogP contribution < -0.4 is 0 Å². The van der Waals surface area contributed by atoms with Crippen LogP contribution in [0.15, 0.2) is 15.0 Å². The van der Waals surface area contributed by atoms with Crippen molar-refractivity contribution in [2.75, 3.05) is 19.8 Å². The van der Waals surface area contributed by atoms with E-state index in [0.29, 0.717) is 37.5 Å². The molecule has 7 heteroatoms. The Kier molecular flexibility index (Phi) is 4.40. The molecule has 1 N–H and O–H groups in total. The van der Waals surface area contributed by atoms with Gasteiger partial charge in [0.15, 0.2) is 17.7 Å². The summed E-state index contributed by atoms with van der Waals surface area (Å²) < 4.78 is 18.2. The Morgan fingerprint density at radius 2 is 1.17 bits per heavy atom. The molecule has 1 fully saturated rings. The van der Waals surface area contributed by atoms with Gasteiger partial charge >= 0.3 is 0 Å². The molecule has 4 rings (SSSR count). The van der Waals surface area contributed by atoms with Gasteiger partial charge in [0.05, 0.1) is 40.0 Å². The molecule has 4 aliphatic rings. The maximum atomic E-state index is 11.5. The summed E-state index contributed by atoms with van der Waals surface area (Å²) in [6.45, 7) is 17.9. The second kappa shape index (κ2) is 6.19. The van der Waals surface area contributed by atoms with Crippen LogP contribution in [0.2, 0.25) is 0 Å². The van der Waals surface area contributed by atoms with Gasteiger partial charge in [-0.2, -0.15) is 0 Å². The Bertz CT molecular complexity index is 754. The molecule has 0 saturated heterocycles. The highest BCUT2D eigenvalue weighted by molar-refractivity contribution is 6.07. The first-order valence-corrected chi connectivity index (χ1v) is 10.7. The van der Waals surface area contributed by atoms with E-state index < -0.39 is 11.5 Å². The summed E-state index contributed by atoms with van der Waals surface area (Å²) in [7, 11) is 0. The van der Waals surface area contributed by atoms with Crippen molar-refractivity contribution in [3.8, 4) is 0 Å². The minimum atomic E-state index is -0.763. The van der Waals surface area contributed by atoms with Crippen molar-refractivity contribution in [1.82, 2.24) is 0 Å². The summed E-state index contributed by atoms with van der Waals surface area (Å²) in [5.74, 6) is 1.52. The maximum Gasteiger partial charge on any atom is 0.194 e. The second-order valence-corrected chi connectivity index (χ2v) is 11.2. The highest BCUT2D eigenvalue weighted by Gasteiger charge is 2.79. The Balaban J connectivity index is 1.84. The molecule has 1 aliphatic carbocycles. The summed E-state index contributed by atoms with van der Waals surface area (Å²) in [5.41, 5.74) is -1.66. The third-order valence-electron chi connectivity index (χ3n) is 6.22. The Morgan fingerprint density at radius 3 is 1.48 bits per heavy atom. The van der Waals surface area contributed by atoms with Gasteiger partial charge in [-0.1, -0.05) is 13.8 Å². The number of rotatable bonds is 5. The topological polar surface area (TPSA) is 85.0 Å². The zero-order chi connectivity index (χ0) is 21.4. The van der Waals surface area contributed by atoms with Crippen molar-refractivity contribution >= 4 is 17.7 Å². The van der Waals surface area contributed by atoms with E-state index in [1.165, 1.54) is 0 Å². The van der Waals surface area contributed by atoms with Crippen molar-refractivity contribution in [2.45, 2.75) is 78.1 Å². The Labute approximate surface area is 173 Å². The highest BCUT2D eigenvalue weighted by atomic mass is 16.5. The van der Waals surface area contributed by atoms with Crippen LogP contribution in [0.5, 0.6) is 0 Å². The largest absolute Gasteiger partial charge is 0.478 e. The molecule has 0 bridgehead atoms. The van der Waals surface area contributed by atoms with Gasteiger partial charge in [-0.05, 0) is 47.5 Å². The highest BCUT2D eigenvalue weighted by Crippen LogP contribution is 2.66. The summed E-state index contributed by atoms with van der Waals surface area (Å²) in [6, 6.07) is 0. The normalized spacial score (nSPS) is 37.2. The first-order chi connectivity index (χ1) is 13.3. The predicted octanol–water partition coefficient (Wildman–Crippen LogP) is 2.86. The quantitative estimate of drug-likeness (QED) is 0.762. The summed E-state index contributed by atoms with van der Waals surface area (Å²) in [6.07, 6.45) is -0.685. The molecule has 3 aliphatic heterocycles. The van der Waals surface area contributed by atoms with Gasteiger partial charge in [0.2, 0.25) is 0 Å². The van der Waals surface area contributed by atoms with Gasteiger partial charge in [0, 0.05) is 0 Å². The van der Waals surface area contributed by atoms with Crippen molar-refractivity contribution < 1.29 is 19.3 Å². The van der Waals surface area contributed by atoms with Crippen molar-refractivity contribution in [2.24, 2.45) is 38.1 Å². The van der Waals surface area contributed by atoms with Gasteiger partial charge in [0.1, 0.15) is 19.8 Å². The first-order valence-electron chi connectivity index (χ1n) is 10.7. The van der Waals surface area contributed by atoms with E-state index in [4.69, 9.17) is 29.2 Å². The molecule has 0 spiro atoms. The van der Waals surface area contributed by atoms with E-state index in [1.54, 1.807) is 0 Å². The summed E-state index contributed by atoms with van der Waals surface area (Å²) in [5, 5.41) is 11.5. The molecule has 0 radical (unpaired) electrons. The third-order valence-corrected chi connectivity index (χ3v) is 6.22. The zero-order valence-electron chi connectivity index (χ0n) is 18.9. The number of ether oxygens (including phenoxy) is 3. The Morgan fingerprint density at radius 1 is 0.759 bits per heavy atom. The lowest BCUT2D eigenvalue weighted by Crippen LogP contribution is -2.39. The molecule has 162 valence electrons. The van der Waals surface area contributed by atoms with Gasteiger partial charge in [-0.25, -0.2) is 15.0 Å². The standard InChI is InChI=1S/C22H35N3O4/c1-12(2)15(26)22(18-25-21(7,8)11-29-18)13(16-23-19(3,4)9-27-16)14(22)17-24-20(5,6)10-28-17/h12-15,26H,9-11H2,1-8H3/t13-,14-,15+/m1/s1. The van der Waals surface area contributed by atoms with Gasteiger partial charge in [-0.15, -0.1) is 0 Å². The number of aliphatic imine (C=N–C) groups is 3. The van der Waals surface area contributed by atoms with Crippen LogP contribution in [0, 0.1) is 23.2 Å². The molecule has 3 heterocycles. The molecule has 0 amide bonds. The van der Waals surface area contributed by atoms with Crippen LogP contribution in [-0.2, 0) is 14.2 Å². The fourth-order valence-corrected chi connectivity index (χ4v) is 4.76. The molecule has 0 aromatic heterocycles. The molecule has 7 nitrogen and oxygen atoms in total. The average molecular weight is 406 g/mol. The van der Waals surface area contributed by atoms with E-state index >= 15 is 0 Å². The second-order valence-electron chi connectivity index (χ2n) is 11.2. The summed E-state index contributed by atoms with van der Waals surface area (Å²) >= 11 is 0. The molecular formula is C22H35N3O4. The molecule has 1 saturated carbocycles. The van der Waals surface area contributed by atoms with E-state index in [-0.39, 0.29) is 34.4 Å². The predicted molar refractivity (Wildman–Crippen MR) is 113 cm³/mol. The number of hydrogen-bond acceptors (Lipinski definition) is 7. The van der Waals surface area contributed by atoms with Gasteiger partial charge in [-0.3, -0.25) is 0 Å². The fraction of sp³-hybridized carbons (Fsp3) is 0.864. The van der Waals surface area contributed by atoms with Crippen LogP contribution in [0.3, 0.4) is 0 Å². The number of aliphatic hydroxyl groups excluding tert-OH is 1. The van der Waals surface area contributed by atoms with Crippen LogP contribution in [0.25, 0.3) is 0 Å². The smallest absolute Gasteiger partial charge is 0.194 e. The lowest BCUT2D eigenvalue weighted by molar-refractivity contribution is 0.0615. The van der Waals surface area contributed by atoms with Crippen molar-refractivity contribution in [3.05, 3.63) is 0 Å². The van der Waals surface area contributed by atoms with Gasteiger partial charge in [0.25, 0.3) is 0 Å². The van der Waals surface area contributed by atoms with Gasteiger partial charge < -0.3 is 19.3 Å². The average Bonchev–Trinajstić information content (AvgIpc) is 2.83. The summed E-state index contributed by atoms with van der Waals surface area (Å²) in [4.78, 5) is 14.6.